The molecule has 1 aliphatic rings. The molecule has 0 saturated carbocycles. The summed E-state index contributed by atoms with van der Waals surface area (Å²) in [7, 11) is 0. The number of ether oxygens (including phenoxy) is 1. The van der Waals surface area contributed by atoms with E-state index in [0.29, 0.717) is 60.6 Å². The predicted octanol–water partition coefficient (Wildman–Crippen LogP) is 2.23. The predicted molar refractivity (Wildman–Crippen MR) is 92.9 cm³/mol. The highest BCUT2D eigenvalue weighted by Crippen LogP contribution is 2.29. The van der Waals surface area contributed by atoms with E-state index in [0.717, 1.165) is 0 Å². The molecule has 1 saturated heterocycles. The van der Waals surface area contributed by atoms with Gasteiger partial charge in [-0.05, 0) is 25.1 Å². The Morgan fingerprint density at radius 1 is 1.23 bits per heavy atom. The lowest BCUT2D eigenvalue weighted by molar-refractivity contribution is 0.122. The molecule has 3 aromatic rings. The van der Waals surface area contributed by atoms with Gasteiger partial charge in [-0.3, -0.25) is 4.57 Å². The number of benzene rings is 1. The van der Waals surface area contributed by atoms with Gasteiger partial charge in [0.2, 0.25) is 11.8 Å². The van der Waals surface area contributed by atoms with Crippen LogP contribution in [0.5, 0.6) is 0 Å². The highest BCUT2D eigenvalue weighted by Gasteiger charge is 2.22. The summed E-state index contributed by atoms with van der Waals surface area (Å²) in [5, 5.41) is 13.1. The van der Waals surface area contributed by atoms with Crippen molar-refractivity contribution in [1.82, 2.24) is 24.9 Å². The van der Waals surface area contributed by atoms with E-state index in [1.54, 1.807) is 13.0 Å². The summed E-state index contributed by atoms with van der Waals surface area (Å²) in [5.74, 6) is 1.91. The molecule has 136 valence electrons. The molecule has 3 heterocycles. The minimum atomic E-state index is -0.312. The fraction of sp³-hybridized carbons (Fsp3) is 0.375. The number of halogens is 1. The largest absolute Gasteiger partial charge is 0.378 e. The Bertz CT molecular complexity index is 893. The van der Waals surface area contributed by atoms with E-state index >= 15 is 0 Å². The van der Waals surface area contributed by atoms with Crippen molar-refractivity contribution in [2.45, 2.75) is 17.8 Å². The first-order valence-corrected chi connectivity index (χ1v) is 9.15. The molecule has 4 rings (SSSR count). The maximum atomic E-state index is 13.8. The lowest BCUT2D eigenvalue weighted by Crippen LogP contribution is -2.37. The van der Waals surface area contributed by atoms with Crippen molar-refractivity contribution in [1.29, 1.82) is 0 Å². The molecule has 1 aromatic carbocycles. The van der Waals surface area contributed by atoms with Crippen LogP contribution < -0.4 is 4.90 Å². The van der Waals surface area contributed by atoms with E-state index in [2.05, 4.69) is 25.2 Å². The van der Waals surface area contributed by atoms with Gasteiger partial charge in [-0.1, -0.05) is 23.0 Å². The van der Waals surface area contributed by atoms with Crippen molar-refractivity contribution in [2.24, 2.45) is 0 Å². The molecule has 0 N–H and O–H groups in total. The van der Waals surface area contributed by atoms with Gasteiger partial charge in [-0.25, -0.2) is 4.39 Å². The number of rotatable bonds is 5. The lowest BCUT2D eigenvalue weighted by Gasteiger charge is -2.27. The molecule has 1 aliphatic heterocycles. The van der Waals surface area contributed by atoms with Crippen molar-refractivity contribution in [3.63, 3.8) is 0 Å². The molecule has 0 spiro atoms. The van der Waals surface area contributed by atoms with Crippen LogP contribution >= 0.6 is 11.8 Å². The van der Waals surface area contributed by atoms with Gasteiger partial charge < -0.3 is 14.2 Å². The number of morpholine rings is 1. The second-order valence-corrected chi connectivity index (χ2v) is 6.66. The van der Waals surface area contributed by atoms with Gasteiger partial charge in [0.25, 0.3) is 0 Å². The number of hydrogen-bond acceptors (Lipinski definition) is 8. The monoisotopic (exact) mass is 376 g/mol. The first-order valence-electron chi connectivity index (χ1n) is 8.17. The zero-order valence-corrected chi connectivity index (χ0v) is 14.9. The van der Waals surface area contributed by atoms with Gasteiger partial charge in [0.15, 0.2) is 11.0 Å². The van der Waals surface area contributed by atoms with Gasteiger partial charge >= 0.3 is 0 Å². The minimum absolute atomic E-state index is 0.312. The number of hydrogen-bond donors (Lipinski definition) is 0. The zero-order chi connectivity index (χ0) is 17.9. The third-order valence-corrected chi connectivity index (χ3v) is 4.78. The summed E-state index contributed by atoms with van der Waals surface area (Å²) >= 11 is 1.41. The molecule has 8 nitrogen and oxygen atoms in total. The van der Waals surface area contributed by atoms with Gasteiger partial charge in [-0.15, -0.1) is 10.2 Å². The molecule has 10 heteroatoms. The van der Waals surface area contributed by atoms with Crippen LogP contribution in [0, 0.1) is 12.7 Å². The summed E-state index contributed by atoms with van der Waals surface area (Å²) in [6.45, 7) is 4.44. The SMILES string of the molecule is Cc1noc(CSc2nnc(N3CCOCC3)n2-c2cccc(F)c2)n1. The topological polar surface area (TPSA) is 82.1 Å². The van der Waals surface area contributed by atoms with Crippen molar-refractivity contribution in [3.8, 4) is 5.69 Å². The van der Waals surface area contributed by atoms with E-state index in [4.69, 9.17) is 9.26 Å². The molecule has 1 fully saturated rings. The van der Waals surface area contributed by atoms with Crippen LogP contribution in [0.3, 0.4) is 0 Å². The highest BCUT2D eigenvalue weighted by molar-refractivity contribution is 7.98. The number of thioether (sulfide) groups is 1. The molecule has 0 atom stereocenters. The Labute approximate surface area is 153 Å². The Morgan fingerprint density at radius 3 is 2.81 bits per heavy atom. The van der Waals surface area contributed by atoms with Crippen LogP contribution in [0.4, 0.5) is 10.3 Å². The van der Waals surface area contributed by atoms with Gasteiger partial charge in [0.05, 0.1) is 24.7 Å². The minimum Gasteiger partial charge on any atom is -0.378 e. The smallest absolute Gasteiger partial charge is 0.237 e. The van der Waals surface area contributed by atoms with Gasteiger partial charge in [0.1, 0.15) is 5.82 Å². The van der Waals surface area contributed by atoms with E-state index in [9.17, 15) is 4.39 Å². The van der Waals surface area contributed by atoms with Crippen LogP contribution in [0.25, 0.3) is 5.69 Å². The molecule has 0 bridgehead atoms. The Morgan fingerprint density at radius 2 is 2.08 bits per heavy atom. The molecule has 0 amide bonds. The average Bonchev–Trinajstić information content (AvgIpc) is 3.26. The van der Waals surface area contributed by atoms with Crippen LogP contribution in [-0.4, -0.2) is 51.2 Å². The summed E-state index contributed by atoms with van der Waals surface area (Å²) < 4.78 is 26.2. The molecule has 0 unspecified atom stereocenters. The first-order chi connectivity index (χ1) is 12.7. The maximum absolute atomic E-state index is 13.8. The normalized spacial score (nSPS) is 14.8. The quantitative estimate of drug-likeness (QED) is 0.627. The second-order valence-electron chi connectivity index (χ2n) is 5.72. The molecular weight excluding hydrogens is 359 g/mol. The van der Waals surface area contributed by atoms with Crippen LogP contribution in [-0.2, 0) is 10.5 Å². The van der Waals surface area contributed by atoms with Crippen LogP contribution in [0.15, 0.2) is 33.9 Å². The zero-order valence-electron chi connectivity index (χ0n) is 14.1. The number of aryl methyl sites for hydroxylation is 1. The van der Waals surface area contributed by atoms with Crippen molar-refractivity contribution < 1.29 is 13.7 Å². The fourth-order valence-electron chi connectivity index (χ4n) is 2.69. The molecule has 2 aromatic heterocycles. The van der Waals surface area contributed by atoms with Gasteiger partial charge in [-0.2, -0.15) is 4.98 Å². The van der Waals surface area contributed by atoms with Gasteiger partial charge in [0, 0.05) is 13.1 Å². The standard InChI is InChI=1S/C16H17FN6O2S/c1-11-18-14(25-21-11)10-26-16-20-19-15(22-5-7-24-8-6-22)23(16)13-4-2-3-12(17)9-13/h2-4,9H,5-8,10H2,1H3. The third kappa shape index (κ3) is 3.56. The van der Waals surface area contributed by atoms with E-state index in [1.807, 2.05) is 10.6 Å². The van der Waals surface area contributed by atoms with Crippen molar-refractivity contribution in [3.05, 3.63) is 41.8 Å². The summed E-state index contributed by atoms with van der Waals surface area (Å²) in [6.07, 6.45) is 0. The molecule has 0 radical (unpaired) electrons. The van der Waals surface area contributed by atoms with E-state index < -0.39 is 0 Å². The van der Waals surface area contributed by atoms with Crippen LogP contribution in [0.2, 0.25) is 0 Å². The molecule has 0 aliphatic carbocycles. The highest BCUT2D eigenvalue weighted by atomic mass is 32.2. The van der Waals surface area contributed by atoms with E-state index in [1.165, 1.54) is 23.9 Å². The Kier molecular flexibility index (Phi) is 4.85. The number of anilines is 1. The summed E-state index contributed by atoms with van der Waals surface area (Å²) in [4.78, 5) is 6.28. The fourth-order valence-corrected chi connectivity index (χ4v) is 3.47. The third-order valence-electron chi connectivity index (χ3n) is 3.87. The summed E-state index contributed by atoms with van der Waals surface area (Å²) in [6, 6.07) is 6.38. The number of nitrogens with zero attached hydrogens (tertiary/aromatic N) is 6. The second kappa shape index (κ2) is 7.42. The first kappa shape index (κ1) is 17.0. The lowest BCUT2D eigenvalue weighted by atomic mass is 10.3. The van der Waals surface area contributed by atoms with Crippen LogP contribution in [0.1, 0.15) is 11.7 Å². The number of aromatic nitrogens is 5. The summed E-state index contributed by atoms with van der Waals surface area (Å²) in [5.41, 5.74) is 0.667. The average molecular weight is 376 g/mol. The van der Waals surface area contributed by atoms with E-state index in [-0.39, 0.29) is 5.82 Å². The van der Waals surface area contributed by atoms with Crippen molar-refractivity contribution in [2.75, 3.05) is 31.2 Å². The maximum Gasteiger partial charge on any atom is 0.237 e. The Hall–Kier alpha value is -2.46. The molecule has 26 heavy (non-hydrogen) atoms. The Balaban J connectivity index is 1.67. The van der Waals surface area contributed by atoms with Crippen molar-refractivity contribution >= 4 is 17.7 Å². The molecular formula is C16H17FN6O2S.